The van der Waals surface area contributed by atoms with Gasteiger partial charge in [-0.1, -0.05) is 30.3 Å². The van der Waals surface area contributed by atoms with Crippen LogP contribution >= 0.6 is 0 Å². The molecule has 0 unspecified atom stereocenters. The number of hydrogen-bond donors (Lipinski definition) is 1. The molecule has 2 aromatic rings. The summed E-state index contributed by atoms with van der Waals surface area (Å²) in [4.78, 5) is 12.4. The summed E-state index contributed by atoms with van der Waals surface area (Å²) in [5.41, 5.74) is 1.06. The maximum absolute atomic E-state index is 12.7. The molecule has 0 aromatic heterocycles. The molecule has 0 aliphatic carbocycles. The quantitative estimate of drug-likeness (QED) is 0.909. The molecule has 1 heterocycles. The Morgan fingerprint density at radius 3 is 2.70 bits per heavy atom. The van der Waals surface area contributed by atoms with Crippen molar-refractivity contribution in [2.75, 3.05) is 11.9 Å². The molecule has 120 valence electrons. The van der Waals surface area contributed by atoms with Gasteiger partial charge < -0.3 is 10.1 Å². The predicted octanol–water partition coefficient (Wildman–Crippen LogP) is 3.96. The molecule has 0 spiro atoms. The maximum atomic E-state index is 12.7. The van der Waals surface area contributed by atoms with Crippen LogP contribution in [-0.2, 0) is 22.1 Å². The van der Waals surface area contributed by atoms with Crippen LogP contribution in [0, 0.1) is 0 Å². The molecule has 23 heavy (non-hydrogen) atoms. The van der Waals surface area contributed by atoms with Crippen LogP contribution < -0.4 is 5.32 Å². The molecular weight excluding hydrogens is 307 g/mol. The molecule has 1 amide bonds. The van der Waals surface area contributed by atoms with Crippen molar-refractivity contribution in [3.8, 4) is 0 Å². The van der Waals surface area contributed by atoms with E-state index in [1.165, 1.54) is 12.1 Å². The number of fused-ring (bicyclic) bond motifs is 1. The molecule has 2 aromatic carbocycles. The van der Waals surface area contributed by atoms with E-state index >= 15 is 0 Å². The largest absolute Gasteiger partial charge is 0.416 e. The number of ether oxygens (including phenoxy) is 1. The van der Waals surface area contributed by atoms with Crippen molar-refractivity contribution in [1.29, 1.82) is 0 Å². The van der Waals surface area contributed by atoms with Crippen LogP contribution in [0.25, 0.3) is 0 Å². The third kappa shape index (κ3) is 3.37. The number of anilines is 1. The van der Waals surface area contributed by atoms with E-state index in [2.05, 4.69) is 5.32 Å². The van der Waals surface area contributed by atoms with Gasteiger partial charge in [0, 0.05) is 5.69 Å². The smallest absolute Gasteiger partial charge is 0.363 e. The first-order valence-electron chi connectivity index (χ1n) is 7.13. The topological polar surface area (TPSA) is 38.3 Å². The SMILES string of the molecule is O=C(Nc1cccc(C(F)(F)F)c1)[C@@H]1OCCc2ccccc21. The summed E-state index contributed by atoms with van der Waals surface area (Å²) in [7, 11) is 0. The number of nitrogens with one attached hydrogen (secondary N) is 1. The lowest BCUT2D eigenvalue weighted by molar-refractivity contribution is -0.137. The van der Waals surface area contributed by atoms with Crippen LogP contribution in [0.1, 0.15) is 22.8 Å². The summed E-state index contributed by atoms with van der Waals surface area (Å²) in [5.74, 6) is -0.475. The van der Waals surface area contributed by atoms with Crippen LogP contribution in [0.2, 0.25) is 0 Å². The van der Waals surface area contributed by atoms with E-state index in [4.69, 9.17) is 4.74 Å². The highest BCUT2D eigenvalue weighted by atomic mass is 19.4. The fraction of sp³-hybridized carbons (Fsp3) is 0.235. The molecule has 1 aliphatic rings. The lowest BCUT2D eigenvalue weighted by Gasteiger charge is -2.25. The second-order valence-corrected chi connectivity index (χ2v) is 5.27. The predicted molar refractivity (Wildman–Crippen MR) is 78.9 cm³/mol. The van der Waals surface area contributed by atoms with Crippen molar-refractivity contribution >= 4 is 11.6 Å². The highest BCUT2D eigenvalue weighted by molar-refractivity contribution is 5.95. The lowest BCUT2D eigenvalue weighted by atomic mass is 9.97. The molecule has 1 aliphatic heterocycles. The van der Waals surface area contributed by atoms with E-state index in [9.17, 15) is 18.0 Å². The molecule has 0 saturated heterocycles. The summed E-state index contributed by atoms with van der Waals surface area (Å²) >= 11 is 0. The molecule has 0 bridgehead atoms. The number of rotatable bonds is 2. The van der Waals surface area contributed by atoms with E-state index in [1.54, 1.807) is 12.1 Å². The summed E-state index contributed by atoms with van der Waals surface area (Å²) in [6.07, 6.45) is -4.55. The Labute approximate surface area is 131 Å². The van der Waals surface area contributed by atoms with Gasteiger partial charge in [-0.05, 0) is 35.7 Å². The van der Waals surface area contributed by atoms with Crippen LogP contribution in [0.5, 0.6) is 0 Å². The maximum Gasteiger partial charge on any atom is 0.416 e. The molecular formula is C17H14F3NO2. The molecule has 3 rings (SSSR count). The number of alkyl halides is 3. The Morgan fingerprint density at radius 1 is 1.13 bits per heavy atom. The highest BCUT2D eigenvalue weighted by Crippen LogP contribution is 2.32. The summed E-state index contributed by atoms with van der Waals surface area (Å²) in [6, 6.07) is 11.9. The van der Waals surface area contributed by atoms with Crippen molar-refractivity contribution in [1.82, 2.24) is 0 Å². The molecule has 1 atom stereocenters. The summed E-state index contributed by atoms with van der Waals surface area (Å²) in [6.45, 7) is 0.400. The second-order valence-electron chi connectivity index (χ2n) is 5.27. The number of hydrogen-bond acceptors (Lipinski definition) is 2. The standard InChI is InChI=1S/C17H14F3NO2/c18-17(19,20)12-5-3-6-13(10-12)21-16(22)15-14-7-2-1-4-11(14)8-9-23-15/h1-7,10,15H,8-9H2,(H,21,22)/t15-/m1/s1. The van der Waals surface area contributed by atoms with Crippen molar-refractivity contribution in [3.05, 3.63) is 65.2 Å². The van der Waals surface area contributed by atoms with Gasteiger partial charge in [0.25, 0.3) is 5.91 Å². The molecule has 6 heteroatoms. The Balaban J connectivity index is 1.81. The van der Waals surface area contributed by atoms with Gasteiger partial charge in [-0.25, -0.2) is 0 Å². The second kappa shape index (κ2) is 6.04. The average Bonchev–Trinajstić information content (AvgIpc) is 2.53. The lowest BCUT2D eigenvalue weighted by Crippen LogP contribution is -2.28. The van der Waals surface area contributed by atoms with E-state index in [0.717, 1.165) is 23.3 Å². The summed E-state index contributed by atoms with van der Waals surface area (Å²) in [5, 5.41) is 2.50. The first kappa shape index (κ1) is 15.6. The van der Waals surface area contributed by atoms with Gasteiger partial charge in [-0.3, -0.25) is 4.79 Å². The normalized spacial score (nSPS) is 17.4. The average molecular weight is 321 g/mol. The number of halogens is 3. The van der Waals surface area contributed by atoms with E-state index in [-0.39, 0.29) is 5.69 Å². The first-order valence-corrected chi connectivity index (χ1v) is 7.13. The van der Waals surface area contributed by atoms with E-state index < -0.39 is 23.8 Å². The Kier molecular flexibility index (Phi) is 4.09. The molecule has 0 saturated carbocycles. The van der Waals surface area contributed by atoms with Crippen molar-refractivity contribution in [2.24, 2.45) is 0 Å². The Bertz CT molecular complexity index is 728. The van der Waals surface area contributed by atoms with Gasteiger partial charge in [0.1, 0.15) is 0 Å². The van der Waals surface area contributed by atoms with Gasteiger partial charge in [0.15, 0.2) is 6.10 Å². The minimum atomic E-state index is -4.45. The number of carbonyl (C=O) groups excluding carboxylic acids is 1. The van der Waals surface area contributed by atoms with Gasteiger partial charge in [-0.15, -0.1) is 0 Å². The molecule has 0 radical (unpaired) electrons. The zero-order valence-electron chi connectivity index (χ0n) is 12.1. The fourth-order valence-electron chi connectivity index (χ4n) is 2.59. The van der Waals surface area contributed by atoms with Crippen LogP contribution in [-0.4, -0.2) is 12.5 Å². The molecule has 0 fully saturated rings. The van der Waals surface area contributed by atoms with Crippen LogP contribution in [0.4, 0.5) is 18.9 Å². The van der Waals surface area contributed by atoms with Gasteiger partial charge in [-0.2, -0.15) is 13.2 Å². The van der Waals surface area contributed by atoms with E-state index in [0.29, 0.717) is 13.0 Å². The van der Waals surface area contributed by atoms with Crippen LogP contribution in [0.3, 0.4) is 0 Å². The van der Waals surface area contributed by atoms with Crippen molar-refractivity contribution in [3.63, 3.8) is 0 Å². The van der Waals surface area contributed by atoms with Gasteiger partial charge >= 0.3 is 6.18 Å². The van der Waals surface area contributed by atoms with Crippen molar-refractivity contribution in [2.45, 2.75) is 18.7 Å². The Morgan fingerprint density at radius 2 is 1.91 bits per heavy atom. The Hall–Kier alpha value is -2.34. The zero-order chi connectivity index (χ0) is 16.4. The number of amides is 1. The third-order valence-corrected chi connectivity index (χ3v) is 3.69. The van der Waals surface area contributed by atoms with Crippen LogP contribution in [0.15, 0.2) is 48.5 Å². The number of benzene rings is 2. The van der Waals surface area contributed by atoms with E-state index in [1.807, 2.05) is 12.1 Å². The number of carbonyl (C=O) groups is 1. The van der Waals surface area contributed by atoms with Crippen molar-refractivity contribution < 1.29 is 22.7 Å². The molecule has 1 N–H and O–H groups in total. The third-order valence-electron chi connectivity index (χ3n) is 3.69. The highest BCUT2D eigenvalue weighted by Gasteiger charge is 2.31. The minimum absolute atomic E-state index is 0.0940. The van der Waals surface area contributed by atoms with Gasteiger partial charge in [0.05, 0.1) is 12.2 Å². The first-order chi connectivity index (χ1) is 10.9. The monoisotopic (exact) mass is 321 g/mol. The fourth-order valence-corrected chi connectivity index (χ4v) is 2.59. The van der Waals surface area contributed by atoms with Gasteiger partial charge in [0.2, 0.25) is 0 Å². The minimum Gasteiger partial charge on any atom is -0.363 e. The zero-order valence-corrected chi connectivity index (χ0v) is 12.1. The molecule has 3 nitrogen and oxygen atoms in total. The summed E-state index contributed by atoms with van der Waals surface area (Å²) < 4.78 is 43.7.